The fourth-order valence-electron chi connectivity index (χ4n) is 2.78. The molecule has 0 aliphatic carbocycles. The fourth-order valence-corrected chi connectivity index (χ4v) is 2.78. The van der Waals surface area contributed by atoms with Crippen molar-refractivity contribution < 1.29 is 9.63 Å². The molecule has 1 aromatic heterocycles. The van der Waals surface area contributed by atoms with E-state index in [0.29, 0.717) is 25.6 Å². The number of rotatable bonds is 7. The zero-order valence-electron chi connectivity index (χ0n) is 14.9. The van der Waals surface area contributed by atoms with Gasteiger partial charge in [-0.3, -0.25) is 9.78 Å². The highest BCUT2D eigenvalue weighted by Gasteiger charge is 2.26. The summed E-state index contributed by atoms with van der Waals surface area (Å²) in [6.45, 7) is 6.07. The Morgan fingerprint density at radius 1 is 1.38 bits per heavy atom. The Labute approximate surface area is 144 Å². The van der Waals surface area contributed by atoms with Crippen molar-refractivity contribution in [2.45, 2.75) is 45.8 Å². The van der Waals surface area contributed by atoms with E-state index in [2.05, 4.69) is 29.3 Å². The standard InChI is InChI=1S/C18H28N4O2/c1-14(2)12-17(19-3)18(23)22-10-7-15(8-11-22)21-24-13-16-6-4-5-9-20-16/h4-6,9,14,17,19H,7-8,10-13H2,1-3H3/t17-/m0/s1. The summed E-state index contributed by atoms with van der Waals surface area (Å²) < 4.78 is 0. The second-order valence-electron chi connectivity index (χ2n) is 6.55. The lowest BCUT2D eigenvalue weighted by Crippen LogP contribution is -2.48. The van der Waals surface area contributed by atoms with E-state index in [0.717, 1.165) is 30.7 Å². The fraction of sp³-hybridized carbons (Fsp3) is 0.611. The van der Waals surface area contributed by atoms with Crippen LogP contribution in [0.4, 0.5) is 0 Å². The minimum absolute atomic E-state index is 0.0936. The molecule has 0 bridgehead atoms. The first-order valence-electron chi connectivity index (χ1n) is 8.63. The zero-order chi connectivity index (χ0) is 17.4. The van der Waals surface area contributed by atoms with E-state index in [4.69, 9.17) is 4.84 Å². The van der Waals surface area contributed by atoms with Gasteiger partial charge in [0.05, 0.1) is 17.4 Å². The van der Waals surface area contributed by atoms with Crippen LogP contribution in [0.1, 0.15) is 38.8 Å². The first-order chi connectivity index (χ1) is 11.6. The molecule has 1 amide bonds. The van der Waals surface area contributed by atoms with Crippen LogP contribution in [0.2, 0.25) is 0 Å². The minimum Gasteiger partial charge on any atom is -0.389 e. The summed E-state index contributed by atoms with van der Waals surface area (Å²) in [6.07, 6.45) is 4.14. The predicted octanol–water partition coefficient (Wildman–Crippen LogP) is 2.21. The maximum absolute atomic E-state index is 12.6. The van der Waals surface area contributed by atoms with Gasteiger partial charge in [-0.2, -0.15) is 0 Å². The normalized spacial score (nSPS) is 16.2. The van der Waals surface area contributed by atoms with Gasteiger partial charge in [0, 0.05) is 32.1 Å². The molecular formula is C18H28N4O2. The SMILES string of the molecule is CN[C@@H](CC(C)C)C(=O)N1CCC(=NOCc2ccccn2)CC1. The summed E-state index contributed by atoms with van der Waals surface area (Å²) in [5, 5.41) is 7.35. The number of nitrogens with zero attached hydrogens (tertiary/aromatic N) is 3. The van der Waals surface area contributed by atoms with Gasteiger partial charge in [-0.05, 0) is 31.5 Å². The first kappa shape index (κ1) is 18.4. The van der Waals surface area contributed by atoms with Crippen molar-refractivity contribution in [1.29, 1.82) is 0 Å². The average molecular weight is 332 g/mol. The number of piperidine rings is 1. The van der Waals surface area contributed by atoms with Gasteiger partial charge in [0.15, 0.2) is 6.61 Å². The van der Waals surface area contributed by atoms with Crippen molar-refractivity contribution in [2.24, 2.45) is 11.1 Å². The van der Waals surface area contributed by atoms with Crippen molar-refractivity contribution in [2.75, 3.05) is 20.1 Å². The lowest BCUT2D eigenvalue weighted by atomic mass is 10.0. The summed E-state index contributed by atoms with van der Waals surface area (Å²) in [6, 6.07) is 5.62. The molecule has 1 aliphatic rings. The third kappa shape index (κ3) is 5.60. The Morgan fingerprint density at radius 3 is 2.71 bits per heavy atom. The summed E-state index contributed by atoms with van der Waals surface area (Å²) in [4.78, 5) is 24.1. The van der Waals surface area contributed by atoms with Gasteiger partial charge in [0.2, 0.25) is 5.91 Å². The molecule has 24 heavy (non-hydrogen) atoms. The summed E-state index contributed by atoms with van der Waals surface area (Å²) in [5.74, 6) is 0.688. The second-order valence-corrected chi connectivity index (χ2v) is 6.55. The highest BCUT2D eigenvalue weighted by Crippen LogP contribution is 2.13. The molecule has 2 heterocycles. The van der Waals surface area contributed by atoms with Crippen LogP contribution in [0.5, 0.6) is 0 Å². The van der Waals surface area contributed by atoms with Crippen LogP contribution in [0.25, 0.3) is 0 Å². The van der Waals surface area contributed by atoms with Gasteiger partial charge >= 0.3 is 0 Å². The molecule has 0 radical (unpaired) electrons. The number of hydrogen-bond donors (Lipinski definition) is 1. The van der Waals surface area contributed by atoms with Crippen molar-refractivity contribution in [3.63, 3.8) is 0 Å². The van der Waals surface area contributed by atoms with E-state index in [1.54, 1.807) is 6.20 Å². The molecule has 0 unspecified atom stereocenters. The lowest BCUT2D eigenvalue weighted by Gasteiger charge is -2.31. The van der Waals surface area contributed by atoms with Gasteiger partial charge in [0.25, 0.3) is 0 Å². The summed E-state index contributed by atoms with van der Waals surface area (Å²) in [7, 11) is 1.85. The number of hydrogen-bond acceptors (Lipinski definition) is 5. The topological polar surface area (TPSA) is 66.8 Å². The minimum atomic E-state index is -0.0936. The van der Waals surface area contributed by atoms with Crippen LogP contribution in [0.15, 0.2) is 29.6 Å². The molecule has 0 saturated carbocycles. The Kier molecular flexibility index (Phi) is 7.18. The lowest BCUT2D eigenvalue weighted by molar-refractivity contribution is -0.133. The third-order valence-corrected chi connectivity index (χ3v) is 4.14. The molecule has 132 valence electrons. The number of aromatic nitrogens is 1. The number of likely N-dealkylation sites (tertiary alicyclic amines) is 1. The largest absolute Gasteiger partial charge is 0.389 e. The van der Waals surface area contributed by atoms with E-state index >= 15 is 0 Å². The summed E-state index contributed by atoms with van der Waals surface area (Å²) >= 11 is 0. The second kappa shape index (κ2) is 9.37. The molecule has 0 spiro atoms. The maximum atomic E-state index is 12.6. The highest BCUT2D eigenvalue weighted by molar-refractivity contribution is 5.88. The molecule has 1 aliphatic heterocycles. The molecule has 6 heteroatoms. The Bertz CT molecular complexity index is 535. The molecule has 1 aromatic rings. The van der Waals surface area contributed by atoms with Gasteiger partial charge in [0.1, 0.15) is 0 Å². The summed E-state index contributed by atoms with van der Waals surface area (Å²) in [5.41, 5.74) is 1.87. The average Bonchev–Trinajstić information content (AvgIpc) is 2.60. The Hall–Kier alpha value is -1.95. The van der Waals surface area contributed by atoms with E-state index < -0.39 is 0 Å². The predicted molar refractivity (Wildman–Crippen MR) is 94.6 cm³/mol. The molecule has 1 fully saturated rings. The number of amides is 1. The van der Waals surface area contributed by atoms with Crippen LogP contribution in [-0.2, 0) is 16.2 Å². The molecule has 1 atom stereocenters. The number of nitrogens with one attached hydrogen (secondary N) is 1. The number of oxime groups is 1. The smallest absolute Gasteiger partial charge is 0.239 e. The van der Waals surface area contributed by atoms with Crippen molar-refractivity contribution in [3.05, 3.63) is 30.1 Å². The number of carbonyl (C=O) groups is 1. The van der Waals surface area contributed by atoms with Crippen LogP contribution in [0.3, 0.4) is 0 Å². The molecule has 1 N–H and O–H groups in total. The van der Waals surface area contributed by atoms with Crippen LogP contribution < -0.4 is 5.32 Å². The van der Waals surface area contributed by atoms with E-state index in [-0.39, 0.29) is 11.9 Å². The molecular weight excluding hydrogens is 304 g/mol. The van der Waals surface area contributed by atoms with Gasteiger partial charge < -0.3 is 15.1 Å². The van der Waals surface area contributed by atoms with Crippen molar-refractivity contribution in [1.82, 2.24) is 15.2 Å². The molecule has 6 nitrogen and oxygen atoms in total. The van der Waals surface area contributed by atoms with Crippen LogP contribution >= 0.6 is 0 Å². The monoisotopic (exact) mass is 332 g/mol. The number of carbonyl (C=O) groups excluding carboxylic acids is 1. The first-order valence-corrected chi connectivity index (χ1v) is 8.63. The highest BCUT2D eigenvalue weighted by atomic mass is 16.6. The molecule has 1 saturated heterocycles. The van der Waals surface area contributed by atoms with E-state index in [9.17, 15) is 4.79 Å². The Balaban J connectivity index is 1.78. The maximum Gasteiger partial charge on any atom is 0.239 e. The Morgan fingerprint density at radius 2 is 2.12 bits per heavy atom. The number of pyridine rings is 1. The number of likely N-dealkylation sites (N-methyl/N-ethyl adjacent to an activating group) is 1. The zero-order valence-corrected chi connectivity index (χ0v) is 14.9. The van der Waals surface area contributed by atoms with Crippen molar-refractivity contribution >= 4 is 11.6 Å². The van der Waals surface area contributed by atoms with Gasteiger partial charge in [-0.25, -0.2) is 0 Å². The van der Waals surface area contributed by atoms with Crippen LogP contribution in [0, 0.1) is 5.92 Å². The van der Waals surface area contributed by atoms with E-state index in [1.165, 1.54) is 0 Å². The quantitative estimate of drug-likeness (QED) is 0.778. The van der Waals surface area contributed by atoms with Crippen molar-refractivity contribution in [3.8, 4) is 0 Å². The van der Waals surface area contributed by atoms with Gasteiger partial charge in [-0.15, -0.1) is 0 Å². The van der Waals surface area contributed by atoms with E-state index in [1.807, 2.05) is 30.1 Å². The molecule has 0 aromatic carbocycles. The molecule has 2 rings (SSSR count). The van der Waals surface area contributed by atoms with Gasteiger partial charge in [-0.1, -0.05) is 25.1 Å². The van der Waals surface area contributed by atoms with Crippen LogP contribution in [-0.4, -0.2) is 47.7 Å². The third-order valence-electron chi connectivity index (χ3n) is 4.14.